The van der Waals surface area contributed by atoms with Gasteiger partial charge in [0.05, 0.1) is 11.6 Å². The molecule has 4 heteroatoms. The second-order valence-corrected chi connectivity index (χ2v) is 5.42. The van der Waals surface area contributed by atoms with E-state index in [1.165, 1.54) is 0 Å². The molecule has 0 saturated carbocycles. The first kappa shape index (κ1) is 17.0. The molecule has 0 radical (unpaired) electrons. The Balaban J connectivity index is 2.41. The summed E-state index contributed by atoms with van der Waals surface area (Å²) in [4.78, 5) is 12.7. The van der Waals surface area contributed by atoms with E-state index >= 15 is 0 Å². The van der Waals surface area contributed by atoms with Crippen LogP contribution < -0.4 is 0 Å². The topological polar surface area (TPSA) is 69.6 Å². The highest BCUT2D eigenvalue weighted by Crippen LogP contribution is 2.20. The van der Waals surface area contributed by atoms with Gasteiger partial charge in [-0.15, -0.1) is 6.58 Å². The number of aromatic nitrogens is 1. The van der Waals surface area contributed by atoms with Gasteiger partial charge in [-0.1, -0.05) is 18.2 Å². The SMILES string of the molecule is C=CCn1c(C)cc(C(=O)C(C#N)=Cc2ccc(C#N)cc2)c1C. The number of hydrogen-bond acceptors (Lipinski definition) is 3. The number of nitrogens with zero attached hydrogens (tertiary/aromatic N) is 3. The molecule has 0 fully saturated rings. The Labute approximate surface area is 141 Å². The zero-order valence-electron chi connectivity index (χ0n) is 13.7. The maximum Gasteiger partial charge on any atom is 0.205 e. The van der Waals surface area contributed by atoms with Crippen LogP contribution in [-0.4, -0.2) is 10.4 Å². The van der Waals surface area contributed by atoms with E-state index in [-0.39, 0.29) is 11.4 Å². The smallest absolute Gasteiger partial charge is 0.205 e. The molecule has 4 nitrogen and oxygen atoms in total. The highest BCUT2D eigenvalue weighted by Gasteiger charge is 2.18. The molecule has 0 saturated heterocycles. The Morgan fingerprint density at radius 1 is 1.25 bits per heavy atom. The zero-order chi connectivity index (χ0) is 17.7. The number of Topliss-reactive ketones (excluding diaryl/α,β-unsaturated/α-hetero) is 1. The van der Waals surface area contributed by atoms with Crippen LogP contribution in [0.5, 0.6) is 0 Å². The first-order chi connectivity index (χ1) is 11.5. The van der Waals surface area contributed by atoms with Gasteiger partial charge in [0.2, 0.25) is 5.78 Å². The lowest BCUT2D eigenvalue weighted by Gasteiger charge is -2.06. The van der Waals surface area contributed by atoms with E-state index in [9.17, 15) is 10.1 Å². The van der Waals surface area contributed by atoms with Crippen molar-refractivity contribution in [2.75, 3.05) is 0 Å². The number of allylic oxidation sites excluding steroid dienone is 2. The summed E-state index contributed by atoms with van der Waals surface area (Å²) in [7, 11) is 0. The van der Waals surface area contributed by atoms with Crippen LogP contribution in [-0.2, 0) is 6.54 Å². The third-order valence-corrected chi connectivity index (χ3v) is 3.85. The molecule has 0 bridgehead atoms. The summed E-state index contributed by atoms with van der Waals surface area (Å²) in [6, 6.07) is 12.5. The minimum atomic E-state index is -0.301. The number of ketones is 1. The average molecular weight is 315 g/mol. The zero-order valence-corrected chi connectivity index (χ0v) is 13.7. The van der Waals surface area contributed by atoms with Gasteiger partial charge in [0.15, 0.2) is 0 Å². The predicted octanol–water partition coefficient (Wildman–Crippen LogP) is 3.95. The summed E-state index contributed by atoms with van der Waals surface area (Å²) in [6.07, 6.45) is 3.31. The van der Waals surface area contributed by atoms with Crippen LogP contribution in [0, 0.1) is 36.5 Å². The molecule has 2 rings (SSSR count). The van der Waals surface area contributed by atoms with Gasteiger partial charge in [-0.3, -0.25) is 4.79 Å². The molecule has 1 aromatic carbocycles. The average Bonchev–Trinajstić information content (AvgIpc) is 2.88. The minimum absolute atomic E-state index is 0.0681. The third kappa shape index (κ3) is 3.34. The monoisotopic (exact) mass is 315 g/mol. The van der Waals surface area contributed by atoms with Crippen LogP contribution in [0.2, 0.25) is 0 Å². The normalized spacial score (nSPS) is 10.8. The molecular formula is C20H17N3O. The van der Waals surface area contributed by atoms with E-state index in [2.05, 4.69) is 6.58 Å². The van der Waals surface area contributed by atoms with Crippen LogP contribution in [0.3, 0.4) is 0 Å². The van der Waals surface area contributed by atoms with Crippen molar-refractivity contribution in [1.29, 1.82) is 10.5 Å². The molecule has 1 aromatic heterocycles. The van der Waals surface area contributed by atoms with Gasteiger partial charge in [0.25, 0.3) is 0 Å². The number of carbonyl (C=O) groups is 1. The van der Waals surface area contributed by atoms with E-state index in [4.69, 9.17) is 5.26 Å². The summed E-state index contributed by atoms with van der Waals surface area (Å²) < 4.78 is 1.98. The highest BCUT2D eigenvalue weighted by molar-refractivity contribution is 6.14. The maximum absolute atomic E-state index is 12.7. The van der Waals surface area contributed by atoms with Crippen molar-refractivity contribution in [3.8, 4) is 12.1 Å². The van der Waals surface area contributed by atoms with Gasteiger partial charge in [0.1, 0.15) is 11.6 Å². The molecule has 0 aliphatic heterocycles. The standard InChI is InChI=1S/C20H17N3O/c1-4-9-23-14(2)10-19(15(23)3)20(24)18(13-22)11-16-5-7-17(12-21)8-6-16/h4-8,10-11H,1,9H2,2-3H3. The van der Waals surface area contributed by atoms with Crippen molar-refractivity contribution >= 4 is 11.9 Å². The molecule has 2 aromatic rings. The van der Waals surface area contributed by atoms with Gasteiger partial charge < -0.3 is 4.57 Å². The van der Waals surface area contributed by atoms with Crippen molar-refractivity contribution in [2.24, 2.45) is 0 Å². The van der Waals surface area contributed by atoms with Crippen LogP contribution in [0.4, 0.5) is 0 Å². The lowest BCUT2D eigenvalue weighted by atomic mass is 10.0. The molecule has 24 heavy (non-hydrogen) atoms. The van der Waals surface area contributed by atoms with E-state index < -0.39 is 0 Å². The van der Waals surface area contributed by atoms with E-state index in [1.54, 1.807) is 42.5 Å². The predicted molar refractivity (Wildman–Crippen MR) is 93.2 cm³/mol. The third-order valence-electron chi connectivity index (χ3n) is 3.85. The lowest BCUT2D eigenvalue weighted by Crippen LogP contribution is -2.05. The Morgan fingerprint density at radius 3 is 2.46 bits per heavy atom. The molecule has 0 unspecified atom stereocenters. The number of carbonyl (C=O) groups excluding carboxylic acids is 1. The summed E-state index contributed by atoms with van der Waals surface area (Å²) in [5, 5.41) is 18.2. The number of aryl methyl sites for hydroxylation is 1. The Bertz CT molecular complexity index is 900. The van der Waals surface area contributed by atoms with Gasteiger partial charge in [0, 0.05) is 23.5 Å². The van der Waals surface area contributed by atoms with Crippen molar-refractivity contribution < 1.29 is 4.79 Å². The molecule has 118 valence electrons. The molecule has 0 aliphatic carbocycles. The van der Waals surface area contributed by atoms with E-state index in [1.807, 2.05) is 30.6 Å². The van der Waals surface area contributed by atoms with Crippen LogP contribution in [0.15, 0.2) is 48.6 Å². The fourth-order valence-electron chi connectivity index (χ4n) is 2.56. The van der Waals surface area contributed by atoms with Crippen molar-refractivity contribution in [3.05, 3.63) is 76.6 Å². The molecule has 0 aliphatic rings. The summed E-state index contributed by atoms with van der Waals surface area (Å²) in [6.45, 7) is 8.12. The van der Waals surface area contributed by atoms with Crippen LogP contribution >= 0.6 is 0 Å². The first-order valence-corrected chi connectivity index (χ1v) is 7.46. The molecular weight excluding hydrogens is 298 g/mol. The van der Waals surface area contributed by atoms with Gasteiger partial charge in [-0.25, -0.2) is 0 Å². The second kappa shape index (κ2) is 7.26. The second-order valence-electron chi connectivity index (χ2n) is 5.42. The summed E-state index contributed by atoms with van der Waals surface area (Å²) >= 11 is 0. The Morgan fingerprint density at radius 2 is 1.92 bits per heavy atom. The van der Waals surface area contributed by atoms with Crippen LogP contribution in [0.1, 0.15) is 32.9 Å². The molecule has 0 N–H and O–H groups in total. The maximum atomic E-state index is 12.7. The quantitative estimate of drug-likeness (QED) is 0.363. The fourth-order valence-corrected chi connectivity index (χ4v) is 2.56. The highest BCUT2D eigenvalue weighted by atomic mass is 16.1. The first-order valence-electron chi connectivity index (χ1n) is 7.46. The number of nitriles is 2. The van der Waals surface area contributed by atoms with Gasteiger partial charge >= 0.3 is 0 Å². The molecule has 0 amide bonds. The number of benzene rings is 1. The minimum Gasteiger partial charge on any atom is -0.345 e. The van der Waals surface area contributed by atoms with Crippen molar-refractivity contribution in [1.82, 2.24) is 4.57 Å². The number of hydrogen-bond donors (Lipinski definition) is 0. The Kier molecular flexibility index (Phi) is 5.14. The van der Waals surface area contributed by atoms with Crippen molar-refractivity contribution in [2.45, 2.75) is 20.4 Å². The largest absolute Gasteiger partial charge is 0.345 e. The van der Waals surface area contributed by atoms with Gasteiger partial charge in [-0.2, -0.15) is 10.5 Å². The van der Waals surface area contributed by atoms with Crippen molar-refractivity contribution in [3.63, 3.8) is 0 Å². The summed E-state index contributed by atoms with van der Waals surface area (Å²) in [5.41, 5.74) is 3.60. The lowest BCUT2D eigenvalue weighted by molar-refractivity contribution is 0.103. The molecule has 0 atom stereocenters. The van der Waals surface area contributed by atoms with Gasteiger partial charge in [-0.05, 0) is 43.7 Å². The fraction of sp³-hybridized carbons (Fsp3) is 0.150. The molecule has 0 spiro atoms. The summed E-state index contributed by atoms with van der Waals surface area (Å²) in [5.74, 6) is -0.301. The number of rotatable bonds is 5. The van der Waals surface area contributed by atoms with E-state index in [0.717, 1.165) is 11.4 Å². The Hall–Kier alpha value is -3.37. The molecule has 1 heterocycles. The van der Waals surface area contributed by atoms with E-state index in [0.29, 0.717) is 23.2 Å². The van der Waals surface area contributed by atoms with Crippen LogP contribution in [0.25, 0.3) is 6.08 Å².